The van der Waals surface area contributed by atoms with Crippen molar-refractivity contribution in [2.75, 3.05) is 33.9 Å². The van der Waals surface area contributed by atoms with Gasteiger partial charge in [0.05, 0.1) is 20.3 Å². The average molecular weight is 371 g/mol. The molecule has 4 rings (SSSR count). The van der Waals surface area contributed by atoms with Crippen molar-refractivity contribution in [1.82, 2.24) is 4.90 Å². The van der Waals surface area contributed by atoms with Gasteiger partial charge in [-0.1, -0.05) is 17.7 Å². The van der Waals surface area contributed by atoms with E-state index in [1.54, 1.807) is 18.9 Å². The van der Waals surface area contributed by atoms with E-state index in [1.807, 2.05) is 13.1 Å². The third-order valence-corrected chi connectivity index (χ3v) is 6.59. The van der Waals surface area contributed by atoms with Gasteiger partial charge in [0.15, 0.2) is 5.79 Å². The smallest absolute Gasteiger partial charge is 0.219 e. The van der Waals surface area contributed by atoms with Crippen LogP contribution in [0.4, 0.5) is 0 Å². The molecule has 2 aliphatic carbocycles. The Bertz CT molecular complexity index is 766. The van der Waals surface area contributed by atoms with Crippen molar-refractivity contribution in [3.8, 4) is 5.75 Å². The molecule has 1 saturated heterocycles. The SMILES string of the molecule is COc1ccc2c(c1)C1(CCN(C)C(C)=O)CC3(CCC1=CC2)OCCO3. The van der Waals surface area contributed by atoms with Gasteiger partial charge < -0.3 is 19.1 Å². The van der Waals surface area contributed by atoms with E-state index in [-0.39, 0.29) is 11.3 Å². The number of hydrogen-bond acceptors (Lipinski definition) is 4. The third-order valence-electron chi connectivity index (χ3n) is 6.59. The van der Waals surface area contributed by atoms with Crippen LogP contribution in [0.15, 0.2) is 29.8 Å². The number of nitrogens with zero attached hydrogens (tertiary/aromatic N) is 1. The summed E-state index contributed by atoms with van der Waals surface area (Å²) in [7, 11) is 3.59. The molecule has 146 valence electrons. The van der Waals surface area contributed by atoms with Gasteiger partial charge in [0, 0.05) is 38.8 Å². The molecule has 1 aromatic rings. The van der Waals surface area contributed by atoms with Crippen LogP contribution in [0.2, 0.25) is 0 Å². The van der Waals surface area contributed by atoms with Gasteiger partial charge in [-0.2, -0.15) is 0 Å². The van der Waals surface area contributed by atoms with Crippen molar-refractivity contribution >= 4 is 5.91 Å². The molecule has 0 aromatic heterocycles. The minimum Gasteiger partial charge on any atom is -0.497 e. The van der Waals surface area contributed by atoms with E-state index in [1.165, 1.54) is 16.7 Å². The van der Waals surface area contributed by atoms with Gasteiger partial charge in [-0.25, -0.2) is 0 Å². The lowest BCUT2D eigenvalue weighted by atomic mass is 9.59. The van der Waals surface area contributed by atoms with Gasteiger partial charge in [-0.3, -0.25) is 4.79 Å². The summed E-state index contributed by atoms with van der Waals surface area (Å²) >= 11 is 0. The Kier molecular flexibility index (Phi) is 4.77. The van der Waals surface area contributed by atoms with Crippen LogP contribution in [-0.4, -0.2) is 50.5 Å². The van der Waals surface area contributed by atoms with Gasteiger partial charge >= 0.3 is 0 Å². The molecule has 0 N–H and O–H groups in total. The molecule has 0 bridgehead atoms. The molecule has 5 heteroatoms. The lowest BCUT2D eigenvalue weighted by molar-refractivity contribution is -0.184. The lowest BCUT2D eigenvalue weighted by Gasteiger charge is -2.50. The Morgan fingerprint density at radius 3 is 2.78 bits per heavy atom. The van der Waals surface area contributed by atoms with Gasteiger partial charge in [-0.05, 0) is 42.5 Å². The fourth-order valence-electron chi connectivity index (χ4n) is 4.97. The molecule has 1 amide bonds. The first-order valence-corrected chi connectivity index (χ1v) is 9.85. The highest BCUT2D eigenvalue weighted by molar-refractivity contribution is 5.72. The molecule has 3 aliphatic rings. The monoisotopic (exact) mass is 371 g/mol. The number of allylic oxidation sites excluding steroid dienone is 2. The molecule has 1 unspecified atom stereocenters. The standard InChI is InChI=1S/C22H29NO4/c1-16(24)23(2)11-10-21-15-22(26-12-13-27-22)9-8-18(21)6-4-17-5-7-19(25-3)14-20(17)21/h5-7,14H,4,8-13,15H2,1-3H3. The molecule has 1 spiro atoms. The summed E-state index contributed by atoms with van der Waals surface area (Å²) in [5.41, 5.74) is 3.94. The van der Waals surface area contributed by atoms with E-state index in [2.05, 4.69) is 18.2 Å². The van der Waals surface area contributed by atoms with Crippen LogP contribution in [0.1, 0.15) is 43.7 Å². The van der Waals surface area contributed by atoms with E-state index in [0.29, 0.717) is 19.8 Å². The number of carbonyl (C=O) groups excluding carboxylic acids is 1. The first-order chi connectivity index (χ1) is 13.0. The summed E-state index contributed by atoms with van der Waals surface area (Å²) in [5, 5.41) is 0. The van der Waals surface area contributed by atoms with Crippen molar-refractivity contribution in [3.05, 3.63) is 41.0 Å². The molecule has 2 fully saturated rings. The normalized spacial score (nSPS) is 25.5. The fraction of sp³-hybridized carbons (Fsp3) is 0.591. The number of benzene rings is 1. The third kappa shape index (κ3) is 3.17. The molecular formula is C22H29NO4. The van der Waals surface area contributed by atoms with Gasteiger partial charge in [0.25, 0.3) is 0 Å². The van der Waals surface area contributed by atoms with Crippen LogP contribution >= 0.6 is 0 Å². The quantitative estimate of drug-likeness (QED) is 0.763. The maximum absolute atomic E-state index is 11.8. The minimum atomic E-state index is -0.496. The summed E-state index contributed by atoms with van der Waals surface area (Å²) in [5.74, 6) is 0.476. The topological polar surface area (TPSA) is 48.0 Å². The van der Waals surface area contributed by atoms with Gasteiger partial charge in [0.2, 0.25) is 5.91 Å². The van der Waals surface area contributed by atoms with E-state index >= 15 is 0 Å². The second-order valence-electron chi connectivity index (χ2n) is 8.01. The zero-order valence-electron chi connectivity index (χ0n) is 16.5. The van der Waals surface area contributed by atoms with E-state index < -0.39 is 5.79 Å². The van der Waals surface area contributed by atoms with Crippen molar-refractivity contribution < 1.29 is 19.0 Å². The van der Waals surface area contributed by atoms with Crippen LogP contribution in [0.25, 0.3) is 0 Å². The molecule has 1 saturated carbocycles. The number of rotatable bonds is 4. The zero-order chi connectivity index (χ0) is 19.1. The highest BCUT2D eigenvalue weighted by Crippen LogP contribution is 2.55. The molecule has 1 aromatic carbocycles. The predicted octanol–water partition coefficient (Wildman–Crippen LogP) is 3.21. The Hall–Kier alpha value is -1.85. The lowest BCUT2D eigenvalue weighted by Crippen LogP contribution is -2.49. The molecule has 1 atom stereocenters. The predicted molar refractivity (Wildman–Crippen MR) is 103 cm³/mol. The Labute approximate surface area is 161 Å². The number of amides is 1. The summed E-state index contributed by atoms with van der Waals surface area (Å²) in [6.45, 7) is 3.65. The number of hydrogen-bond donors (Lipinski definition) is 0. The Morgan fingerprint density at radius 2 is 2.07 bits per heavy atom. The Balaban J connectivity index is 1.77. The van der Waals surface area contributed by atoms with Crippen molar-refractivity contribution in [2.45, 2.75) is 50.2 Å². The number of methoxy groups -OCH3 is 1. The first-order valence-electron chi connectivity index (χ1n) is 9.85. The van der Waals surface area contributed by atoms with Crippen molar-refractivity contribution in [3.63, 3.8) is 0 Å². The number of ether oxygens (including phenoxy) is 3. The van der Waals surface area contributed by atoms with Crippen molar-refractivity contribution in [1.29, 1.82) is 0 Å². The highest BCUT2D eigenvalue weighted by Gasteiger charge is 2.52. The Morgan fingerprint density at radius 1 is 1.30 bits per heavy atom. The molecule has 27 heavy (non-hydrogen) atoms. The summed E-state index contributed by atoms with van der Waals surface area (Å²) in [4.78, 5) is 13.6. The van der Waals surface area contributed by atoms with Crippen LogP contribution in [0, 0.1) is 0 Å². The molecule has 5 nitrogen and oxygen atoms in total. The van der Waals surface area contributed by atoms with Gasteiger partial charge in [0.1, 0.15) is 5.75 Å². The van der Waals surface area contributed by atoms with Crippen LogP contribution in [0.3, 0.4) is 0 Å². The van der Waals surface area contributed by atoms with Crippen LogP contribution in [-0.2, 0) is 26.1 Å². The first kappa shape index (κ1) is 18.5. The molecule has 1 aliphatic heterocycles. The van der Waals surface area contributed by atoms with Gasteiger partial charge in [-0.15, -0.1) is 0 Å². The van der Waals surface area contributed by atoms with E-state index in [9.17, 15) is 4.79 Å². The molecule has 1 heterocycles. The largest absolute Gasteiger partial charge is 0.497 e. The zero-order valence-corrected chi connectivity index (χ0v) is 16.5. The highest BCUT2D eigenvalue weighted by atomic mass is 16.7. The summed E-state index contributed by atoms with van der Waals surface area (Å²) < 4.78 is 17.8. The minimum absolute atomic E-state index is 0.0949. The average Bonchev–Trinajstić information content (AvgIpc) is 3.13. The molecular weight excluding hydrogens is 342 g/mol. The maximum atomic E-state index is 11.8. The number of carbonyl (C=O) groups is 1. The molecule has 0 radical (unpaired) electrons. The fourth-order valence-corrected chi connectivity index (χ4v) is 4.97. The van der Waals surface area contributed by atoms with Crippen LogP contribution < -0.4 is 4.74 Å². The second kappa shape index (κ2) is 6.95. The van der Waals surface area contributed by atoms with E-state index in [4.69, 9.17) is 14.2 Å². The van der Waals surface area contributed by atoms with E-state index in [0.717, 1.165) is 37.9 Å². The summed E-state index contributed by atoms with van der Waals surface area (Å²) in [6, 6.07) is 6.40. The van der Waals surface area contributed by atoms with Crippen molar-refractivity contribution in [2.24, 2.45) is 0 Å². The van der Waals surface area contributed by atoms with Crippen LogP contribution in [0.5, 0.6) is 5.75 Å². The maximum Gasteiger partial charge on any atom is 0.219 e. The number of fused-ring (bicyclic) bond motifs is 3. The summed E-state index contributed by atoms with van der Waals surface area (Å²) in [6.07, 6.45) is 6.89. The second-order valence-corrected chi connectivity index (χ2v) is 8.01.